The minimum absolute atomic E-state index is 0.0187. The smallest absolute Gasteiger partial charge is 0.264 e. The number of hydrogen-bond donors (Lipinski definition) is 3. The number of nitrogens with two attached hydrogens (primary N) is 1. The van der Waals surface area contributed by atoms with E-state index in [1.54, 1.807) is 5.48 Å². The van der Waals surface area contributed by atoms with E-state index in [2.05, 4.69) is 0 Å². The number of rotatable bonds is 3. The van der Waals surface area contributed by atoms with Gasteiger partial charge in [-0.2, -0.15) is 0 Å². The molecule has 0 radical (unpaired) electrons. The van der Waals surface area contributed by atoms with Gasteiger partial charge < -0.3 is 10.5 Å². The van der Waals surface area contributed by atoms with E-state index in [1.165, 1.54) is 0 Å². The average molecular weight is 202 g/mol. The molecule has 2 unspecified atom stereocenters. The lowest BCUT2D eigenvalue weighted by Crippen LogP contribution is -2.75. The van der Waals surface area contributed by atoms with Gasteiger partial charge in [0.2, 0.25) is 0 Å². The second kappa shape index (κ2) is 3.49. The van der Waals surface area contributed by atoms with Gasteiger partial charge in [0, 0.05) is 18.4 Å². The van der Waals surface area contributed by atoms with Crippen LogP contribution in [0, 0.1) is 5.41 Å². The number of amides is 1. The molecule has 1 aliphatic carbocycles. The van der Waals surface area contributed by atoms with Gasteiger partial charge in [0.1, 0.15) is 5.54 Å². The average Bonchev–Trinajstić information content (AvgIpc) is 2.16. The molecule has 1 fully saturated rings. The predicted octanol–water partition coefficient (Wildman–Crippen LogP) is 0.0243. The lowest BCUT2D eigenvalue weighted by atomic mass is 9.54. The van der Waals surface area contributed by atoms with E-state index in [9.17, 15) is 4.79 Å². The first-order chi connectivity index (χ1) is 6.40. The Morgan fingerprint density at radius 1 is 1.71 bits per heavy atom. The molecule has 1 rings (SSSR count). The Bertz CT molecular complexity index is 242. The van der Waals surface area contributed by atoms with Crippen LogP contribution in [-0.2, 0) is 9.53 Å². The van der Waals surface area contributed by atoms with Gasteiger partial charge in [-0.15, -0.1) is 0 Å². The third-order valence-electron chi connectivity index (χ3n) is 3.34. The molecule has 5 nitrogen and oxygen atoms in total. The van der Waals surface area contributed by atoms with Gasteiger partial charge in [-0.05, 0) is 6.92 Å². The third kappa shape index (κ3) is 1.32. The molecule has 2 atom stereocenters. The molecular formula is C9H18N2O3. The molecule has 5 heteroatoms. The van der Waals surface area contributed by atoms with Crippen molar-refractivity contribution >= 4 is 5.91 Å². The molecule has 0 aliphatic heterocycles. The summed E-state index contributed by atoms with van der Waals surface area (Å²) in [5.41, 5.74) is 6.03. The molecular weight excluding hydrogens is 184 g/mol. The number of ether oxygens (including phenoxy) is 1. The Morgan fingerprint density at radius 3 is 2.64 bits per heavy atom. The first-order valence-corrected chi connectivity index (χ1v) is 4.75. The maximum Gasteiger partial charge on any atom is 0.264 e. The maximum absolute atomic E-state index is 11.3. The van der Waals surface area contributed by atoms with Crippen molar-refractivity contribution in [2.24, 2.45) is 11.1 Å². The zero-order chi connectivity index (χ0) is 11.0. The molecule has 0 aromatic carbocycles. The van der Waals surface area contributed by atoms with Crippen molar-refractivity contribution in [1.82, 2.24) is 5.48 Å². The Balaban J connectivity index is 2.74. The van der Waals surface area contributed by atoms with Crippen molar-refractivity contribution in [2.45, 2.75) is 38.8 Å². The van der Waals surface area contributed by atoms with Crippen LogP contribution in [-0.4, -0.2) is 29.4 Å². The van der Waals surface area contributed by atoms with Gasteiger partial charge in [-0.1, -0.05) is 13.8 Å². The summed E-state index contributed by atoms with van der Waals surface area (Å²) in [7, 11) is 0. The summed E-state index contributed by atoms with van der Waals surface area (Å²) in [6.45, 7) is 6.24. The van der Waals surface area contributed by atoms with Crippen molar-refractivity contribution in [3.8, 4) is 0 Å². The van der Waals surface area contributed by atoms with Crippen molar-refractivity contribution in [3.05, 3.63) is 0 Å². The molecule has 0 spiro atoms. The Morgan fingerprint density at radius 2 is 2.29 bits per heavy atom. The molecule has 0 heterocycles. The summed E-state index contributed by atoms with van der Waals surface area (Å²) in [6, 6.07) is 0. The van der Waals surface area contributed by atoms with E-state index in [0.29, 0.717) is 13.0 Å². The summed E-state index contributed by atoms with van der Waals surface area (Å²) in [4.78, 5) is 11.3. The molecule has 1 saturated carbocycles. The van der Waals surface area contributed by atoms with E-state index in [-0.39, 0.29) is 6.10 Å². The van der Waals surface area contributed by atoms with Crippen LogP contribution in [0.4, 0.5) is 0 Å². The highest BCUT2D eigenvalue weighted by molar-refractivity contribution is 5.87. The number of carbonyl (C=O) groups excluding carboxylic acids is 1. The molecule has 0 aromatic heterocycles. The fraction of sp³-hybridized carbons (Fsp3) is 0.889. The first-order valence-electron chi connectivity index (χ1n) is 4.75. The van der Waals surface area contributed by atoms with Gasteiger partial charge >= 0.3 is 0 Å². The lowest BCUT2D eigenvalue weighted by molar-refractivity contribution is -0.177. The van der Waals surface area contributed by atoms with E-state index in [4.69, 9.17) is 15.7 Å². The second-order valence-corrected chi connectivity index (χ2v) is 4.28. The van der Waals surface area contributed by atoms with Crippen molar-refractivity contribution < 1.29 is 14.7 Å². The van der Waals surface area contributed by atoms with Crippen molar-refractivity contribution in [2.75, 3.05) is 6.61 Å². The van der Waals surface area contributed by atoms with Gasteiger partial charge in [-0.3, -0.25) is 10.0 Å². The van der Waals surface area contributed by atoms with Gasteiger partial charge in [0.05, 0.1) is 6.10 Å². The van der Waals surface area contributed by atoms with Gasteiger partial charge in [-0.25, -0.2) is 5.48 Å². The second-order valence-electron chi connectivity index (χ2n) is 4.28. The zero-order valence-corrected chi connectivity index (χ0v) is 8.83. The summed E-state index contributed by atoms with van der Waals surface area (Å²) in [5.74, 6) is -0.543. The number of carbonyl (C=O) groups is 1. The normalized spacial score (nSPS) is 34.8. The van der Waals surface area contributed by atoms with Crippen LogP contribution >= 0.6 is 0 Å². The van der Waals surface area contributed by atoms with Crippen LogP contribution in [0.15, 0.2) is 0 Å². The van der Waals surface area contributed by atoms with Crippen LogP contribution in [0.1, 0.15) is 27.2 Å². The van der Waals surface area contributed by atoms with E-state index in [1.807, 2.05) is 20.8 Å². The molecule has 1 aliphatic rings. The fourth-order valence-electron chi connectivity index (χ4n) is 1.92. The SMILES string of the molecule is CCOC1CC(N)(C(=O)NO)C1(C)C. The summed E-state index contributed by atoms with van der Waals surface area (Å²) in [5, 5.41) is 8.56. The summed E-state index contributed by atoms with van der Waals surface area (Å²) < 4.78 is 5.44. The summed E-state index contributed by atoms with van der Waals surface area (Å²) >= 11 is 0. The highest BCUT2D eigenvalue weighted by atomic mass is 16.5. The van der Waals surface area contributed by atoms with E-state index in [0.717, 1.165) is 0 Å². The zero-order valence-electron chi connectivity index (χ0n) is 8.83. The highest BCUT2D eigenvalue weighted by Gasteiger charge is 2.62. The number of hydrogen-bond acceptors (Lipinski definition) is 4. The minimum Gasteiger partial charge on any atom is -0.378 e. The third-order valence-corrected chi connectivity index (χ3v) is 3.34. The Kier molecular flexibility index (Phi) is 2.85. The molecule has 14 heavy (non-hydrogen) atoms. The minimum atomic E-state index is -1.03. The monoisotopic (exact) mass is 202 g/mol. The van der Waals surface area contributed by atoms with Crippen LogP contribution in [0.3, 0.4) is 0 Å². The van der Waals surface area contributed by atoms with Crippen LogP contribution in [0.25, 0.3) is 0 Å². The standard InChI is InChI=1S/C9H18N2O3/c1-4-14-6-5-9(10,7(12)11-13)8(6,2)3/h6,13H,4-5,10H2,1-3H3,(H,11,12). The fourth-order valence-corrected chi connectivity index (χ4v) is 1.92. The molecule has 4 N–H and O–H groups in total. The van der Waals surface area contributed by atoms with Crippen molar-refractivity contribution in [3.63, 3.8) is 0 Å². The van der Waals surface area contributed by atoms with E-state index >= 15 is 0 Å². The number of nitrogens with one attached hydrogen (secondary N) is 1. The number of hydroxylamine groups is 1. The molecule has 1 amide bonds. The van der Waals surface area contributed by atoms with Gasteiger partial charge in [0.25, 0.3) is 5.91 Å². The van der Waals surface area contributed by atoms with Gasteiger partial charge in [0.15, 0.2) is 0 Å². The Labute approximate surface area is 83.6 Å². The topological polar surface area (TPSA) is 84.6 Å². The molecule has 0 bridgehead atoms. The molecule has 0 aromatic rings. The highest BCUT2D eigenvalue weighted by Crippen LogP contribution is 2.49. The van der Waals surface area contributed by atoms with Crippen LogP contribution in [0.5, 0.6) is 0 Å². The lowest BCUT2D eigenvalue weighted by Gasteiger charge is -2.57. The first kappa shape index (κ1) is 11.4. The van der Waals surface area contributed by atoms with Crippen LogP contribution < -0.4 is 11.2 Å². The maximum atomic E-state index is 11.3. The largest absolute Gasteiger partial charge is 0.378 e. The van der Waals surface area contributed by atoms with E-state index < -0.39 is 16.9 Å². The molecule has 82 valence electrons. The summed E-state index contributed by atoms with van der Waals surface area (Å²) in [6.07, 6.45) is 0.426. The quantitative estimate of drug-likeness (QED) is 0.445. The Hall–Kier alpha value is -0.650. The molecule has 0 saturated heterocycles. The van der Waals surface area contributed by atoms with Crippen LogP contribution in [0.2, 0.25) is 0 Å². The predicted molar refractivity (Wildman–Crippen MR) is 50.7 cm³/mol. The van der Waals surface area contributed by atoms with Crippen molar-refractivity contribution in [1.29, 1.82) is 0 Å².